The van der Waals surface area contributed by atoms with Crippen molar-refractivity contribution in [1.29, 1.82) is 0 Å². The Kier molecular flexibility index (Phi) is 5.09. The molecule has 0 bridgehead atoms. The van der Waals surface area contributed by atoms with E-state index >= 15 is 0 Å². The quantitative estimate of drug-likeness (QED) is 0.647. The fraction of sp³-hybridized carbons (Fsp3) is 0.267. The molecule has 0 aliphatic rings. The SMILES string of the molecule is Cn1nc(Br)c2c(NCCOCc3ccc(Cl)cc3)ncnc21. The second kappa shape index (κ2) is 7.25. The van der Waals surface area contributed by atoms with Gasteiger partial charge in [-0.15, -0.1) is 0 Å². The molecular weight excluding hydrogens is 382 g/mol. The molecule has 0 spiro atoms. The molecule has 8 heteroatoms. The van der Waals surface area contributed by atoms with Crippen molar-refractivity contribution in [2.24, 2.45) is 7.05 Å². The first-order valence-corrected chi connectivity index (χ1v) is 8.21. The van der Waals surface area contributed by atoms with Gasteiger partial charge in [-0.25, -0.2) is 14.6 Å². The molecule has 0 saturated heterocycles. The smallest absolute Gasteiger partial charge is 0.164 e. The number of aryl methyl sites for hydroxylation is 1. The minimum absolute atomic E-state index is 0.550. The summed E-state index contributed by atoms with van der Waals surface area (Å²) in [5.74, 6) is 0.741. The minimum Gasteiger partial charge on any atom is -0.375 e. The number of halogens is 2. The third-order valence-electron chi connectivity index (χ3n) is 3.30. The Morgan fingerprint density at radius 3 is 2.83 bits per heavy atom. The van der Waals surface area contributed by atoms with Gasteiger partial charge in [0.1, 0.15) is 16.7 Å². The number of nitrogens with one attached hydrogen (secondary N) is 1. The molecule has 0 aliphatic carbocycles. The summed E-state index contributed by atoms with van der Waals surface area (Å²) in [4.78, 5) is 8.50. The van der Waals surface area contributed by atoms with E-state index in [1.807, 2.05) is 31.3 Å². The first-order chi connectivity index (χ1) is 11.1. The monoisotopic (exact) mass is 395 g/mol. The molecular formula is C15H15BrClN5O. The van der Waals surface area contributed by atoms with Crippen molar-refractivity contribution < 1.29 is 4.74 Å². The molecule has 0 saturated carbocycles. The molecule has 23 heavy (non-hydrogen) atoms. The highest BCUT2D eigenvalue weighted by atomic mass is 79.9. The Morgan fingerprint density at radius 2 is 2.04 bits per heavy atom. The van der Waals surface area contributed by atoms with Gasteiger partial charge in [0.2, 0.25) is 0 Å². The number of nitrogens with zero attached hydrogens (tertiary/aromatic N) is 4. The Hall–Kier alpha value is -1.70. The summed E-state index contributed by atoms with van der Waals surface area (Å²) < 4.78 is 8.08. The molecule has 120 valence electrons. The maximum absolute atomic E-state index is 5.85. The molecule has 2 aromatic heterocycles. The molecule has 0 radical (unpaired) electrons. The van der Waals surface area contributed by atoms with Crippen molar-refractivity contribution in [3.63, 3.8) is 0 Å². The molecule has 3 aromatic rings. The van der Waals surface area contributed by atoms with Crippen LogP contribution in [0.25, 0.3) is 11.0 Å². The van der Waals surface area contributed by atoms with Crippen molar-refractivity contribution in [2.75, 3.05) is 18.5 Å². The van der Waals surface area contributed by atoms with E-state index in [-0.39, 0.29) is 0 Å². The highest BCUT2D eigenvalue weighted by molar-refractivity contribution is 9.10. The lowest BCUT2D eigenvalue weighted by Gasteiger charge is -2.08. The number of aromatic nitrogens is 4. The second-order valence-electron chi connectivity index (χ2n) is 4.94. The normalized spacial score (nSPS) is 11.1. The largest absolute Gasteiger partial charge is 0.375 e. The molecule has 0 atom stereocenters. The van der Waals surface area contributed by atoms with Gasteiger partial charge in [-0.1, -0.05) is 23.7 Å². The molecule has 3 rings (SSSR count). The van der Waals surface area contributed by atoms with E-state index in [4.69, 9.17) is 16.3 Å². The van der Waals surface area contributed by atoms with Gasteiger partial charge in [0.25, 0.3) is 0 Å². The summed E-state index contributed by atoms with van der Waals surface area (Å²) in [5, 5.41) is 9.14. The molecule has 6 nitrogen and oxygen atoms in total. The number of anilines is 1. The van der Waals surface area contributed by atoms with E-state index in [2.05, 4.69) is 36.3 Å². The Bertz CT molecular complexity index is 805. The number of fused-ring (bicyclic) bond motifs is 1. The van der Waals surface area contributed by atoms with Crippen LogP contribution in [0.5, 0.6) is 0 Å². The van der Waals surface area contributed by atoms with E-state index in [1.165, 1.54) is 6.33 Å². The zero-order chi connectivity index (χ0) is 16.2. The van der Waals surface area contributed by atoms with Crippen LogP contribution in [0.2, 0.25) is 5.02 Å². The molecule has 0 unspecified atom stereocenters. The molecule has 2 heterocycles. The van der Waals surface area contributed by atoms with Gasteiger partial charge in [0.15, 0.2) is 5.65 Å². The van der Waals surface area contributed by atoms with E-state index in [0.29, 0.717) is 19.8 Å². The molecule has 0 fully saturated rings. The number of hydrogen-bond donors (Lipinski definition) is 1. The highest BCUT2D eigenvalue weighted by Gasteiger charge is 2.12. The number of rotatable bonds is 6. The predicted molar refractivity (Wildman–Crippen MR) is 93.6 cm³/mol. The van der Waals surface area contributed by atoms with Crippen molar-refractivity contribution in [3.8, 4) is 0 Å². The topological polar surface area (TPSA) is 64.9 Å². The maximum atomic E-state index is 5.85. The van der Waals surface area contributed by atoms with Crippen LogP contribution in [-0.4, -0.2) is 32.9 Å². The average molecular weight is 397 g/mol. The summed E-state index contributed by atoms with van der Waals surface area (Å²) in [6.07, 6.45) is 1.52. The van der Waals surface area contributed by atoms with Crippen LogP contribution in [0.3, 0.4) is 0 Å². The van der Waals surface area contributed by atoms with Crippen molar-refractivity contribution >= 4 is 44.4 Å². The summed E-state index contributed by atoms with van der Waals surface area (Å²) in [5.41, 5.74) is 1.87. The Balaban J connectivity index is 1.54. The van der Waals surface area contributed by atoms with Crippen LogP contribution in [0, 0.1) is 0 Å². The lowest BCUT2D eigenvalue weighted by Crippen LogP contribution is -2.11. The molecule has 1 aromatic carbocycles. The molecule has 0 amide bonds. The van der Waals surface area contributed by atoms with E-state index < -0.39 is 0 Å². The summed E-state index contributed by atoms with van der Waals surface area (Å²) >= 11 is 9.29. The predicted octanol–water partition coefficient (Wildman–Crippen LogP) is 3.41. The maximum Gasteiger partial charge on any atom is 0.164 e. The van der Waals surface area contributed by atoms with Crippen LogP contribution in [0.1, 0.15) is 5.56 Å². The van der Waals surface area contributed by atoms with E-state index in [1.54, 1.807) is 4.68 Å². The van der Waals surface area contributed by atoms with Gasteiger partial charge in [0.05, 0.1) is 18.6 Å². The lowest BCUT2D eigenvalue weighted by molar-refractivity contribution is 0.130. The number of benzene rings is 1. The summed E-state index contributed by atoms with van der Waals surface area (Å²) in [7, 11) is 1.85. The zero-order valence-electron chi connectivity index (χ0n) is 12.5. The van der Waals surface area contributed by atoms with Crippen molar-refractivity contribution in [1.82, 2.24) is 19.7 Å². The van der Waals surface area contributed by atoms with E-state index in [0.717, 1.165) is 32.0 Å². The van der Waals surface area contributed by atoms with Gasteiger partial charge in [0, 0.05) is 18.6 Å². The third-order valence-corrected chi connectivity index (χ3v) is 4.11. The lowest BCUT2D eigenvalue weighted by atomic mass is 10.2. The highest BCUT2D eigenvalue weighted by Crippen LogP contribution is 2.26. The Labute approximate surface area is 147 Å². The number of hydrogen-bond acceptors (Lipinski definition) is 5. The molecule has 0 aliphatic heterocycles. The fourth-order valence-corrected chi connectivity index (χ4v) is 2.92. The summed E-state index contributed by atoms with van der Waals surface area (Å²) in [6.45, 7) is 1.75. The van der Waals surface area contributed by atoms with Crippen LogP contribution in [0.4, 0.5) is 5.82 Å². The molecule has 1 N–H and O–H groups in total. The van der Waals surface area contributed by atoms with Crippen LogP contribution < -0.4 is 5.32 Å². The van der Waals surface area contributed by atoms with E-state index in [9.17, 15) is 0 Å². The third kappa shape index (κ3) is 3.80. The van der Waals surface area contributed by atoms with Crippen molar-refractivity contribution in [3.05, 3.63) is 45.8 Å². The van der Waals surface area contributed by atoms with Gasteiger partial charge in [-0.3, -0.25) is 0 Å². The standard InChI is InChI=1S/C15H15BrClN5O/c1-22-15-12(13(16)21-22)14(19-9-20-15)18-6-7-23-8-10-2-4-11(17)5-3-10/h2-5,9H,6-8H2,1H3,(H,18,19,20). The van der Waals surface area contributed by atoms with Gasteiger partial charge in [-0.2, -0.15) is 5.10 Å². The van der Waals surface area contributed by atoms with Gasteiger partial charge in [-0.05, 0) is 33.6 Å². The average Bonchev–Trinajstić information content (AvgIpc) is 2.84. The zero-order valence-corrected chi connectivity index (χ0v) is 14.8. The first-order valence-electron chi connectivity index (χ1n) is 7.04. The number of ether oxygens (including phenoxy) is 1. The van der Waals surface area contributed by atoms with Gasteiger partial charge >= 0.3 is 0 Å². The Morgan fingerprint density at radius 1 is 1.26 bits per heavy atom. The van der Waals surface area contributed by atoms with Crippen LogP contribution >= 0.6 is 27.5 Å². The first kappa shape index (κ1) is 16.2. The van der Waals surface area contributed by atoms with Crippen LogP contribution in [-0.2, 0) is 18.4 Å². The summed E-state index contributed by atoms with van der Waals surface area (Å²) in [6, 6.07) is 7.62. The van der Waals surface area contributed by atoms with Gasteiger partial charge < -0.3 is 10.1 Å². The second-order valence-corrected chi connectivity index (χ2v) is 6.13. The minimum atomic E-state index is 0.550. The fourth-order valence-electron chi connectivity index (χ4n) is 2.19. The van der Waals surface area contributed by atoms with Crippen molar-refractivity contribution in [2.45, 2.75) is 6.61 Å². The van der Waals surface area contributed by atoms with Crippen LogP contribution in [0.15, 0.2) is 35.2 Å².